The number of hydrogen-bond donors (Lipinski definition) is 1. The van der Waals surface area contributed by atoms with Crippen LogP contribution < -0.4 is 5.32 Å². The molecule has 2 atom stereocenters. The molecule has 1 aromatic carbocycles. The number of fused-ring (bicyclic) bond motifs is 1. The number of thioether (sulfide) groups is 1. The van der Waals surface area contributed by atoms with Gasteiger partial charge in [-0.2, -0.15) is 0 Å². The van der Waals surface area contributed by atoms with E-state index in [4.69, 9.17) is 11.6 Å². The maximum Gasteiger partial charge on any atom is 0.249 e. The van der Waals surface area contributed by atoms with Crippen LogP contribution in [0.25, 0.3) is 11.3 Å². The minimum absolute atomic E-state index is 0.0588. The summed E-state index contributed by atoms with van der Waals surface area (Å²) in [7, 11) is 0. The Balaban J connectivity index is 1.51. The van der Waals surface area contributed by atoms with Gasteiger partial charge in [-0.25, -0.2) is 4.98 Å². The lowest BCUT2D eigenvalue weighted by atomic mass is 10.2. The van der Waals surface area contributed by atoms with Crippen molar-refractivity contribution in [3.8, 4) is 11.3 Å². The van der Waals surface area contributed by atoms with Gasteiger partial charge in [-0.3, -0.25) is 9.59 Å². The summed E-state index contributed by atoms with van der Waals surface area (Å²) in [6.07, 6.45) is 1.31. The molecular weight excluding hydrogens is 378 g/mol. The van der Waals surface area contributed by atoms with E-state index in [1.807, 2.05) is 36.6 Å². The molecule has 130 valence electrons. The van der Waals surface area contributed by atoms with Crippen LogP contribution in [0, 0.1) is 0 Å². The zero-order valence-corrected chi connectivity index (χ0v) is 15.9. The lowest BCUT2D eigenvalue weighted by Gasteiger charge is -2.29. The van der Waals surface area contributed by atoms with Gasteiger partial charge in [0.15, 0.2) is 5.13 Å². The van der Waals surface area contributed by atoms with Crippen LogP contribution >= 0.6 is 34.7 Å². The second-order valence-corrected chi connectivity index (χ2v) is 9.04. The average molecular weight is 394 g/mol. The van der Waals surface area contributed by atoms with Crippen LogP contribution in [0.15, 0.2) is 29.6 Å². The van der Waals surface area contributed by atoms with Gasteiger partial charge in [-0.15, -0.1) is 23.1 Å². The Morgan fingerprint density at radius 3 is 3.04 bits per heavy atom. The molecule has 0 aliphatic carbocycles. The van der Waals surface area contributed by atoms with Crippen molar-refractivity contribution >= 4 is 51.6 Å². The van der Waals surface area contributed by atoms with Crippen molar-refractivity contribution in [2.45, 2.75) is 30.7 Å². The summed E-state index contributed by atoms with van der Waals surface area (Å²) in [6.45, 7) is 2.04. The number of thiazole rings is 1. The van der Waals surface area contributed by atoms with E-state index in [0.717, 1.165) is 17.7 Å². The molecule has 3 heterocycles. The van der Waals surface area contributed by atoms with E-state index in [9.17, 15) is 9.59 Å². The van der Waals surface area contributed by atoms with Crippen LogP contribution in [0.2, 0.25) is 5.02 Å². The number of anilines is 1. The molecule has 2 fully saturated rings. The number of nitrogens with one attached hydrogen (secondary N) is 1. The summed E-state index contributed by atoms with van der Waals surface area (Å²) >= 11 is 9.23. The second kappa shape index (κ2) is 6.30. The molecule has 25 heavy (non-hydrogen) atoms. The topological polar surface area (TPSA) is 62.3 Å². The van der Waals surface area contributed by atoms with Crippen molar-refractivity contribution in [3.05, 3.63) is 34.7 Å². The molecule has 2 aliphatic heterocycles. The van der Waals surface area contributed by atoms with E-state index < -0.39 is 6.04 Å². The molecule has 0 spiro atoms. The Morgan fingerprint density at radius 1 is 1.44 bits per heavy atom. The summed E-state index contributed by atoms with van der Waals surface area (Å²) in [5, 5.41) is 5.87. The van der Waals surface area contributed by atoms with E-state index in [2.05, 4.69) is 10.3 Å². The monoisotopic (exact) mass is 393 g/mol. The van der Waals surface area contributed by atoms with Crippen molar-refractivity contribution < 1.29 is 9.59 Å². The normalized spacial score (nSPS) is 25.3. The van der Waals surface area contributed by atoms with Gasteiger partial charge in [0.05, 0.1) is 10.6 Å². The number of rotatable bonds is 3. The fourth-order valence-electron chi connectivity index (χ4n) is 3.33. The molecule has 0 radical (unpaired) electrons. The SMILES string of the molecule is C[C@@]12CCC(=O)N1[C@H](C(=O)Nc1nc(-c3ccccc3Cl)cs1)CS2. The van der Waals surface area contributed by atoms with E-state index in [1.165, 1.54) is 11.3 Å². The Labute approximate surface area is 158 Å². The number of carbonyl (C=O) groups is 2. The van der Waals surface area contributed by atoms with Crippen molar-refractivity contribution in [2.24, 2.45) is 0 Å². The zero-order valence-electron chi connectivity index (χ0n) is 13.5. The highest BCUT2D eigenvalue weighted by Crippen LogP contribution is 2.47. The van der Waals surface area contributed by atoms with Gasteiger partial charge in [-0.1, -0.05) is 29.8 Å². The second-order valence-electron chi connectivity index (χ2n) is 6.27. The fourth-order valence-corrected chi connectivity index (χ4v) is 5.71. The summed E-state index contributed by atoms with van der Waals surface area (Å²) < 4.78 is 0. The molecule has 0 unspecified atom stereocenters. The Bertz CT molecular complexity index is 856. The first-order valence-electron chi connectivity index (χ1n) is 7.95. The summed E-state index contributed by atoms with van der Waals surface area (Å²) in [5.74, 6) is 0.506. The molecule has 1 aromatic heterocycles. The van der Waals surface area contributed by atoms with Gasteiger partial charge in [0.1, 0.15) is 6.04 Å². The summed E-state index contributed by atoms with van der Waals surface area (Å²) in [4.78, 5) is 30.8. The van der Waals surface area contributed by atoms with Crippen molar-refractivity contribution in [1.29, 1.82) is 0 Å². The number of halogens is 1. The number of carbonyl (C=O) groups excluding carboxylic acids is 2. The third-order valence-corrected chi connectivity index (χ3v) is 7.22. The van der Waals surface area contributed by atoms with Crippen LogP contribution in [-0.2, 0) is 9.59 Å². The predicted molar refractivity (Wildman–Crippen MR) is 102 cm³/mol. The number of amides is 2. The molecular formula is C17H16ClN3O2S2. The predicted octanol–water partition coefficient (Wildman–Crippen LogP) is 3.86. The van der Waals surface area contributed by atoms with Crippen LogP contribution in [0.3, 0.4) is 0 Å². The molecule has 2 aromatic rings. The smallest absolute Gasteiger partial charge is 0.249 e. The van der Waals surface area contributed by atoms with E-state index >= 15 is 0 Å². The quantitative estimate of drug-likeness (QED) is 0.860. The van der Waals surface area contributed by atoms with Crippen LogP contribution in [0.5, 0.6) is 0 Å². The van der Waals surface area contributed by atoms with Crippen molar-refractivity contribution in [1.82, 2.24) is 9.88 Å². The highest BCUT2D eigenvalue weighted by atomic mass is 35.5. The average Bonchev–Trinajstić information content (AvgIpc) is 3.24. The molecule has 2 aliphatic rings. The number of benzene rings is 1. The van der Waals surface area contributed by atoms with Gasteiger partial charge in [-0.05, 0) is 19.4 Å². The van der Waals surface area contributed by atoms with E-state index in [-0.39, 0.29) is 16.7 Å². The molecule has 4 rings (SSSR count). The standard InChI is InChI=1S/C17H16ClN3O2S2/c1-17-7-6-14(22)21(17)13(9-25-17)15(23)20-16-19-12(8-24-16)10-4-2-3-5-11(10)18/h2-5,8,13H,6-7,9H2,1H3,(H,19,20,23)/t13-,17+/m0/s1. The van der Waals surface area contributed by atoms with Gasteiger partial charge < -0.3 is 10.2 Å². The third kappa shape index (κ3) is 2.94. The Morgan fingerprint density at radius 2 is 2.24 bits per heavy atom. The molecule has 1 N–H and O–H groups in total. The van der Waals surface area contributed by atoms with Crippen molar-refractivity contribution in [2.75, 3.05) is 11.1 Å². The molecule has 2 saturated heterocycles. The lowest BCUT2D eigenvalue weighted by molar-refractivity contribution is -0.135. The molecule has 8 heteroatoms. The number of aromatic nitrogens is 1. The maximum absolute atomic E-state index is 12.7. The number of nitrogens with zero attached hydrogens (tertiary/aromatic N) is 2. The van der Waals surface area contributed by atoms with Crippen molar-refractivity contribution in [3.63, 3.8) is 0 Å². The van der Waals surface area contributed by atoms with Gasteiger partial charge in [0.2, 0.25) is 11.8 Å². The van der Waals surface area contributed by atoms with Gasteiger partial charge >= 0.3 is 0 Å². The minimum Gasteiger partial charge on any atom is -0.315 e. The third-order valence-electron chi connectivity index (χ3n) is 4.63. The highest BCUT2D eigenvalue weighted by Gasteiger charge is 2.52. The largest absolute Gasteiger partial charge is 0.315 e. The van der Waals surface area contributed by atoms with E-state index in [1.54, 1.807) is 16.7 Å². The Hall–Kier alpha value is -1.57. The molecule has 0 saturated carbocycles. The molecule has 5 nitrogen and oxygen atoms in total. The summed E-state index contributed by atoms with van der Waals surface area (Å²) in [5.41, 5.74) is 1.56. The first kappa shape index (κ1) is 16.9. The Kier molecular flexibility index (Phi) is 4.25. The zero-order chi connectivity index (χ0) is 17.6. The molecule has 2 amide bonds. The van der Waals surface area contributed by atoms with Gasteiger partial charge in [0.25, 0.3) is 0 Å². The van der Waals surface area contributed by atoms with Gasteiger partial charge in [0, 0.05) is 28.1 Å². The minimum atomic E-state index is -0.433. The summed E-state index contributed by atoms with van der Waals surface area (Å²) in [6, 6.07) is 7.03. The highest BCUT2D eigenvalue weighted by molar-refractivity contribution is 8.01. The lowest BCUT2D eigenvalue weighted by Crippen LogP contribution is -2.48. The number of hydrogen-bond acceptors (Lipinski definition) is 5. The van der Waals surface area contributed by atoms with Crippen LogP contribution in [0.1, 0.15) is 19.8 Å². The molecule has 0 bridgehead atoms. The maximum atomic E-state index is 12.7. The first-order chi connectivity index (χ1) is 12.0. The fraction of sp³-hybridized carbons (Fsp3) is 0.353. The van der Waals surface area contributed by atoms with Crippen LogP contribution in [-0.4, -0.2) is 38.4 Å². The van der Waals surface area contributed by atoms with Crippen LogP contribution in [0.4, 0.5) is 5.13 Å². The van der Waals surface area contributed by atoms with E-state index in [0.29, 0.717) is 22.3 Å². The first-order valence-corrected chi connectivity index (χ1v) is 10.2.